The molecule has 34 heavy (non-hydrogen) atoms. The summed E-state index contributed by atoms with van der Waals surface area (Å²) in [5.74, 6) is 2.56. The lowest BCUT2D eigenvalue weighted by Crippen LogP contribution is -2.65. The van der Waals surface area contributed by atoms with E-state index in [1.54, 1.807) is 0 Å². The van der Waals surface area contributed by atoms with Crippen molar-refractivity contribution in [1.29, 1.82) is 0 Å². The van der Waals surface area contributed by atoms with Crippen molar-refractivity contribution in [3.63, 3.8) is 0 Å². The predicted octanol–water partition coefficient (Wildman–Crippen LogP) is 6.28. The fraction of sp³-hybridized carbons (Fsp3) is 0.833. The van der Waals surface area contributed by atoms with E-state index in [-0.39, 0.29) is 39.6 Å². The van der Waals surface area contributed by atoms with Gasteiger partial charge in [-0.25, -0.2) is 0 Å². The van der Waals surface area contributed by atoms with E-state index in [0.29, 0.717) is 17.8 Å². The van der Waals surface area contributed by atoms with Crippen molar-refractivity contribution in [3.8, 4) is 0 Å². The molecule has 1 aromatic heterocycles. The normalized spacial score (nSPS) is 51.3. The maximum Gasteiger partial charge on any atom is 0.143 e. The Kier molecular flexibility index (Phi) is 4.79. The predicted molar refractivity (Wildman–Crippen MR) is 133 cm³/mol. The third-order valence-corrected chi connectivity index (χ3v) is 12.7. The third kappa shape index (κ3) is 2.71. The van der Waals surface area contributed by atoms with Gasteiger partial charge in [-0.1, -0.05) is 58.3 Å². The second kappa shape index (κ2) is 7.00. The van der Waals surface area contributed by atoms with E-state index in [0.717, 1.165) is 37.9 Å². The second-order valence-electron chi connectivity index (χ2n) is 14.6. The topological polar surface area (TPSA) is 66.5 Å². The van der Waals surface area contributed by atoms with Crippen LogP contribution in [0.2, 0.25) is 0 Å². The zero-order chi connectivity index (χ0) is 24.3. The van der Waals surface area contributed by atoms with Gasteiger partial charge in [-0.2, -0.15) is 0 Å². The first kappa shape index (κ1) is 23.3. The van der Waals surface area contributed by atoms with Crippen LogP contribution in [0.15, 0.2) is 22.4 Å². The summed E-state index contributed by atoms with van der Waals surface area (Å²) in [5, 5.41) is 26.8. The van der Waals surface area contributed by atoms with Crippen molar-refractivity contribution in [2.45, 2.75) is 105 Å². The quantitative estimate of drug-likeness (QED) is 0.477. The summed E-state index contributed by atoms with van der Waals surface area (Å²) in [4.78, 5) is 0. The van der Waals surface area contributed by atoms with E-state index in [4.69, 9.17) is 4.52 Å². The molecule has 5 aliphatic carbocycles. The Morgan fingerprint density at radius 3 is 2.50 bits per heavy atom. The zero-order valence-corrected chi connectivity index (χ0v) is 22.2. The molecule has 0 unspecified atom stereocenters. The van der Waals surface area contributed by atoms with Gasteiger partial charge in [0.15, 0.2) is 0 Å². The lowest BCUT2D eigenvalue weighted by atomic mass is 9.34. The Hall–Kier alpha value is -1.13. The molecular weight excluding hydrogens is 422 g/mol. The highest BCUT2D eigenvalue weighted by Crippen LogP contribution is 2.74. The van der Waals surface area contributed by atoms with Crippen LogP contribution < -0.4 is 0 Å². The number of nitrogens with zero attached hydrogens (tertiary/aromatic N) is 1. The molecule has 6 rings (SSSR count). The highest BCUT2D eigenvalue weighted by molar-refractivity contribution is 5.41. The molecule has 0 amide bonds. The molecule has 188 valence electrons. The van der Waals surface area contributed by atoms with Crippen molar-refractivity contribution in [3.05, 3.63) is 29.2 Å². The molecule has 0 spiro atoms. The van der Waals surface area contributed by atoms with E-state index in [1.807, 2.05) is 6.20 Å². The first-order valence-corrected chi connectivity index (χ1v) is 13.9. The number of fused-ring (bicyclic) bond motifs is 8. The second-order valence-corrected chi connectivity index (χ2v) is 14.6. The first-order valence-electron chi connectivity index (χ1n) is 13.9. The number of aromatic nitrogens is 1. The number of allylic oxidation sites excluding steroid dienone is 1. The Morgan fingerprint density at radius 1 is 1.03 bits per heavy atom. The maximum atomic E-state index is 12.0. The van der Waals surface area contributed by atoms with Crippen molar-refractivity contribution in [1.82, 2.24) is 5.16 Å². The fourth-order valence-corrected chi connectivity index (χ4v) is 10.5. The molecular formula is C30H45NO3. The first-order chi connectivity index (χ1) is 15.9. The molecule has 1 aromatic rings. The molecule has 1 heterocycles. The molecule has 0 aromatic carbocycles. The van der Waals surface area contributed by atoms with Crippen LogP contribution in [0.25, 0.3) is 0 Å². The molecule has 3 fully saturated rings. The van der Waals surface area contributed by atoms with Crippen LogP contribution >= 0.6 is 0 Å². The average molecular weight is 468 g/mol. The summed E-state index contributed by atoms with van der Waals surface area (Å²) < 4.78 is 5.71. The molecule has 0 aliphatic heterocycles. The number of hydrogen-bond donors (Lipinski definition) is 2. The molecule has 0 radical (unpaired) electrons. The van der Waals surface area contributed by atoms with E-state index < -0.39 is 6.10 Å². The van der Waals surface area contributed by atoms with Gasteiger partial charge in [-0.05, 0) is 96.2 Å². The SMILES string of the molecule is C[C@@H]1c2oncc2C[C@]2(C)C3=C[C@@H](O)[C@@H]4[C@@H]5CC(C)(C)CC[C@]5(CO)CC[C@@]4(C)[C@]3(C)CC[C@@H]12. The van der Waals surface area contributed by atoms with Gasteiger partial charge in [0.05, 0.1) is 12.3 Å². The summed E-state index contributed by atoms with van der Waals surface area (Å²) >= 11 is 0. The minimum absolute atomic E-state index is 0.0137. The van der Waals surface area contributed by atoms with E-state index in [9.17, 15) is 10.2 Å². The molecule has 3 saturated carbocycles. The van der Waals surface area contributed by atoms with Gasteiger partial charge in [-0.15, -0.1) is 0 Å². The Labute approximate surface area is 205 Å². The third-order valence-electron chi connectivity index (χ3n) is 12.7. The van der Waals surface area contributed by atoms with Crippen LogP contribution in [0.4, 0.5) is 0 Å². The summed E-state index contributed by atoms with van der Waals surface area (Å²) in [5.41, 5.74) is 3.17. The Morgan fingerprint density at radius 2 is 1.76 bits per heavy atom. The van der Waals surface area contributed by atoms with Crippen molar-refractivity contribution in [2.24, 2.45) is 44.8 Å². The van der Waals surface area contributed by atoms with Crippen LogP contribution in [0.3, 0.4) is 0 Å². The number of aliphatic hydroxyl groups excluding tert-OH is 2. The van der Waals surface area contributed by atoms with E-state index in [1.165, 1.54) is 30.4 Å². The molecule has 4 heteroatoms. The lowest BCUT2D eigenvalue weighted by molar-refractivity contribution is -0.194. The Bertz CT molecular complexity index is 1030. The molecule has 2 N–H and O–H groups in total. The van der Waals surface area contributed by atoms with Crippen LogP contribution in [0.1, 0.15) is 104 Å². The van der Waals surface area contributed by atoms with Crippen molar-refractivity contribution >= 4 is 0 Å². The summed E-state index contributed by atoms with van der Waals surface area (Å²) in [6, 6.07) is 0. The monoisotopic (exact) mass is 467 g/mol. The summed E-state index contributed by atoms with van der Waals surface area (Å²) in [6.07, 6.45) is 12.8. The molecule has 5 aliphatic rings. The van der Waals surface area contributed by atoms with Gasteiger partial charge in [0.2, 0.25) is 0 Å². The fourth-order valence-electron chi connectivity index (χ4n) is 10.5. The van der Waals surface area contributed by atoms with Gasteiger partial charge in [0.1, 0.15) is 5.76 Å². The number of rotatable bonds is 1. The maximum absolute atomic E-state index is 12.0. The molecule has 0 saturated heterocycles. The summed E-state index contributed by atoms with van der Waals surface area (Å²) in [6.45, 7) is 14.9. The highest BCUT2D eigenvalue weighted by Gasteiger charge is 2.68. The largest absolute Gasteiger partial charge is 0.396 e. The number of aliphatic hydroxyl groups is 2. The van der Waals surface area contributed by atoms with Crippen molar-refractivity contribution in [2.75, 3.05) is 6.61 Å². The molecule has 4 nitrogen and oxygen atoms in total. The van der Waals surface area contributed by atoms with Gasteiger partial charge in [-0.3, -0.25) is 0 Å². The van der Waals surface area contributed by atoms with Crippen LogP contribution in [-0.2, 0) is 6.42 Å². The van der Waals surface area contributed by atoms with Crippen LogP contribution in [-0.4, -0.2) is 28.1 Å². The van der Waals surface area contributed by atoms with Crippen LogP contribution in [0.5, 0.6) is 0 Å². The van der Waals surface area contributed by atoms with Gasteiger partial charge in [0, 0.05) is 18.1 Å². The van der Waals surface area contributed by atoms with Crippen LogP contribution in [0, 0.1) is 44.8 Å². The minimum atomic E-state index is -0.437. The van der Waals surface area contributed by atoms with Gasteiger partial charge < -0.3 is 14.7 Å². The van der Waals surface area contributed by atoms with Gasteiger partial charge >= 0.3 is 0 Å². The van der Waals surface area contributed by atoms with Crippen molar-refractivity contribution < 1.29 is 14.7 Å². The van der Waals surface area contributed by atoms with E-state index in [2.05, 4.69) is 52.8 Å². The smallest absolute Gasteiger partial charge is 0.143 e. The zero-order valence-electron chi connectivity index (χ0n) is 22.2. The molecule has 0 bridgehead atoms. The number of hydrogen-bond acceptors (Lipinski definition) is 4. The molecule has 9 atom stereocenters. The Balaban J connectivity index is 1.48. The minimum Gasteiger partial charge on any atom is -0.396 e. The standard InChI is InChI=1S/C30H45NO3/c1-18-20-7-8-28(5)23(27(20,4)14-19-16-31-34-25(18)19)13-22(33)24-21-15-26(2,3)9-11-30(21,17-32)12-10-29(24,28)6/h13,16,18,20-22,24,32-33H,7-12,14-15,17H2,1-6H3/t18-,20-,21-,22+,24-,27-,28+,29+,30+/m0/s1. The highest BCUT2D eigenvalue weighted by atomic mass is 16.5. The van der Waals surface area contributed by atoms with Gasteiger partial charge in [0.25, 0.3) is 0 Å². The summed E-state index contributed by atoms with van der Waals surface area (Å²) in [7, 11) is 0. The lowest BCUT2D eigenvalue weighted by Gasteiger charge is -2.70. The average Bonchev–Trinajstić information content (AvgIpc) is 3.23. The van der Waals surface area contributed by atoms with E-state index >= 15 is 0 Å².